The Bertz CT molecular complexity index is 987. The fourth-order valence-electron chi connectivity index (χ4n) is 4.07. The van der Waals surface area contributed by atoms with E-state index in [-0.39, 0.29) is 5.91 Å². The summed E-state index contributed by atoms with van der Waals surface area (Å²) >= 11 is 0. The fourth-order valence-corrected chi connectivity index (χ4v) is 4.07. The van der Waals surface area contributed by atoms with Crippen LogP contribution < -0.4 is 10.1 Å². The van der Waals surface area contributed by atoms with Crippen LogP contribution in [0.4, 0.5) is 0 Å². The highest BCUT2D eigenvalue weighted by molar-refractivity contribution is 5.94. The van der Waals surface area contributed by atoms with Crippen molar-refractivity contribution in [3.63, 3.8) is 0 Å². The van der Waals surface area contributed by atoms with Crippen LogP contribution in [0.25, 0.3) is 0 Å². The first-order valence-corrected chi connectivity index (χ1v) is 11.0. The van der Waals surface area contributed by atoms with Gasteiger partial charge in [-0.1, -0.05) is 18.2 Å². The minimum absolute atomic E-state index is 0.0295. The summed E-state index contributed by atoms with van der Waals surface area (Å²) in [6.07, 6.45) is 2.19. The molecule has 31 heavy (non-hydrogen) atoms. The quantitative estimate of drug-likeness (QED) is 0.563. The van der Waals surface area contributed by atoms with E-state index in [2.05, 4.69) is 16.3 Å². The smallest absolute Gasteiger partial charge is 0.251 e. The zero-order valence-electron chi connectivity index (χ0n) is 18.3. The second kappa shape index (κ2) is 9.84. The van der Waals surface area contributed by atoms with Crippen LogP contribution in [-0.4, -0.2) is 30.4 Å². The summed E-state index contributed by atoms with van der Waals surface area (Å²) < 4.78 is 11.4. The summed E-state index contributed by atoms with van der Waals surface area (Å²) in [4.78, 5) is 15.0. The molecule has 5 nitrogen and oxygen atoms in total. The minimum Gasteiger partial charge on any atom is -0.466 e. The van der Waals surface area contributed by atoms with Crippen LogP contribution in [0, 0.1) is 19.8 Å². The molecule has 0 bridgehead atoms. The Kier molecular flexibility index (Phi) is 6.73. The van der Waals surface area contributed by atoms with E-state index in [0.717, 1.165) is 62.0 Å². The molecule has 1 saturated heterocycles. The maximum atomic E-state index is 12.5. The van der Waals surface area contributed by atoms with Crippen molar-refractivity contribution in [2.45, 2.75) is 33.2 Å². The summed E-state index contributed by atoms with van der Waals surface area (Å²) in [5.74, 6) is 3.99. The molecule has 0 radical (unpaired) electrons. The number of likely N-dealkylation sites (tertiary alicyclic amines) is 1. The van der Waals surface area contributed by atoms with Gasteiger partial charge in [0.25, 0.3) is 5.91 Å². The van der Waals surface area contributed by atoms with Gasteiger partial charge in [0.1, 0.15) is 23.0 Å². The monoisotopic (exact) mass is 418 g/mol. The number of carbonyl (C=O) groups is 1. The summed E-state index contributed by atoms with van der Waals surface area (Å²) in [6, 6.07) is 19.1. The van der Waals surface area contributed by atoms with Crippen LogP contribution in [0.1, 0.15) is 40.3 Å². The Morgan fingerprint density at radius 3 is 2.35 bits per heavy atom. The average molecular weight is 419 g/mol. The molecule has 1 aliphatic rings. The SMILES string of the molecule is Cc1cc(CN2CCC(CNC(=O)c3ccc(Oc4ccccc4)cc3)CC2)c(C)o1. The third-order valence-electron chi connectivity index (χ3n) is 5.89. The van der Waals surface area contributed by atoms with Gasteiger partial charge >= 0.3 is 0 Å². The number of hydrogen-bond acceptors (Lipinski definition) is 4. The van der Waals surface area contributed by atoms with Gasteiger partial charge in [0.05, 0.1) is 0 Å². The molecule has 0 saturated carbocycles. The number of hydrogen-bond donors (Lipinski definition) is 1. The number of rotatable bonds is 7. The largest absolute Gasteiger partial charge is 0.466 e. The summed E-state index contributed by atoms with van der Waals surface area (Å²) in [6.45, 7) is 7.80. The number of para-hydroxylation sites is 1. The van der Waals surface area contributed by atoms with Gasteiger partial charge in [-0.15, -0.1) is 0 Å². The van der Waals surface area contributed by atoms with E-state index in [1.807, 2.05) is 68.4 Å². The highest BCUT2D eigenvalue weighted by Gasteiger charge is 2.21. The van der Waals surface area contributed by atoms with Crippen molar-refractivity contribution in [1.29, 1.82) is 0 Å². The topological polar surface area (TPSA) is 54.7 Å². The molecule has 1 amide bonds. The first-order chi connectivity index (χ1) is 15.1. The van der Waals surface area contributed by atoms with Crippen molar-refractivity contribution in [3.05, 3.63) is 83.3 Å². The number of amides is 1. The second-order valence-corrected chi connectivity index (χ2v) is 8.31. The summed E-state index contributed by atoms with van der Waals surface area (Å²) in [7, 11) is 0. The molecule has 3 aromatic rings. The predicted molar refractivity (Wildman–Crippen MR) is 121 cm³/mol. The molecule has 0 aliphatic carbocycles. The van der Waals surface area contributed by atoms with E-state index >= 15 is 0 Å². The third-order valence-corrected chi connectivity index (χ3v) is 5.89. The van der Waals surface area contributed by atoms with Gasteiger partial charge in [-0.2, -0.15) is 0 Å². The molecular weight excluding hydrogens is 388 g/mol. The highest BCUT2D eigenvalue weighted by atomic mass is 16.5. The number of carbonyl (C=O) groups excluding carboxylic acids is 1. The van der Waals surface area contributed by atoms with Crippen molar-refractivity contribution in [3.8, 4) is 11.5 Å². The van der Waals surface area contributed by atoms with Crippen molar-refractivity contribution in [2.75, 3.05) is 19.6 Å². The first kappa shape index (κ1) is 21.2. The standard InChI is InChI=1S/C26H30N2O3/c1-19-16-23(20(2)30-19)18-28-14-12-21(13-15-28)17-27-26(29)22-8-10-25(11-9-22)31-24-6-4-3-5-7-24/h3-11,16,21H,12-15,17-18H2,1-2H3,(H,27,29). The van der Waals surface area contributed by atoms with E-state index in [0.29, 0.717) is 11.5 Å². The molecule has 5 heteroatoms. The Morgan fingerprint density at radius 2 is 1.71 bits per heavy atom. The Balaban J connectivity index is 1.21. The zero-order valence-corrected chi connectivity index (χ0v) is 18.3. The van der Waals surface area contributed by atoms with Crippen LogP contribution in [0.5, 0.6) is 11.5 Å². The van der Waals surface area contributed by atoms with Crippen LogP contribution in [0.2, 0.25) is 0 Å². The highest BCUT2D eigenvalue weighted by Crippen LogP contribution is 2.23. The third kappa shape index (κ3) is 5.76. The van der Waals surface area contributed by atoms with E-state index in [4.69, 9.17) is 9.15 Å². The minimum atomic E-state index is -0.0295. The van der Waals surface area contributed by atoms with Gasteiger partial charge in [-0.05, 0) is 88.2 Å². The first-order valence-electron chi connectivity index (χ1n) is 11.0. The average Bonchev–Trinajstić information content (AvgIpc) is 3.10. The van der Waals surface area contributed by atoms with Crippen LogP contribution in [0.15, 0.2) is 65.1 Å². The van der Waals surface area contributed by atoms with Gasteiger partial charge in [0.2, 0.25) is 0 Å². The number of nitrogens with zero attached hydrogens (tertiary/aromatic N) is 1. The summed E-state index contributed by atoms with van der Waals surface area (Å²) in [5.41, 5.74) is 1.94. The molecule has 4 rings (SSSR count). The maximum absolute atomic E-state index is 12.5. The van der Waals surface area contributed by atoms with Gasteiger partial charge in [-0.3, -0.25) is 9.69 Å². The lowest BCUT2D eigenvalue weighted by Gasteiger charge is -2.31. The van der Waals surface area contributed by atoms with E-state index in [1.54, 1.807) is 0 Å². The number of aryl methyl sites for hydroxylation is 2. The Labute approximate surface area is 184 Å². The number of benzene rings is 2. The van der Waals surface area contributed by atoms with E-state index < -0.39 is 0 Å². The molecule has 2 aromatic carbocycles. The lowest BCUT2D eigenvalue weighted by atomic mass is 9.96. The lowest BCUT2D eigenvalue weighted by Crippen LogP contribution is -2.38. The molecule has 0 spiro atoms. The molecule has 1 aromatic heterocycles. The van der Waals surface area contributed by atoms with Crippen LogP contribution >= 0.6 is 0 Å². The Morgan fingerprint density at radius 1 is 1.03 bits per heavy atom. The van der Waals surface area contributed by atoms with E-state index in [9.17, 15) is 4.79 Å². The van der Waals surface area contributed by atoms with Crippen molar-refractivity contribution >= 4 is 5.91 Å². The molecule has 0 unspecified atom stereocenters. The van der Waals surface area contributed by atoms with Crippen molar-refractivity contribution in [1.82, 2.24) is 10.2 Å². The van der Waals surface area contributed by atoms with Gasteiger partial charge in [0, 0.05) is 24.2 Å². The molecule has 1 N–H and O–H groups in total. The van der Waals surface area contributed by atoms with Gasteiger partial charge in [-0.25, -0.2) is 0 Å². The van der Waals surface area contributed by atoms with Crippen molar-refractivity contribution in [2.24, 2.45) is 5.92 Å². The number of ether oxygens (including phenoxy) is 1. The predicted octanol–water partition coefficient (Wildman–Crippen LogP) is 5.33. The molecule has 0 atom stereocenters. The summed E-state index contributed by atoms with van der Waals surface area (Å²) in [5, 5.41) is 3.10. The van der Waals surface area contributed by atoms with E-state index in [1.165, 1.54) is 5.56 Å². The maximum Gasteiger partial charge on any atom is 0.251 e. The molecular formula is C26H30N2O3. The Hall–Kier alpha value is -3.05. The normalized spacial score (nSPS) is 15.0. The van der Waals surface area contributed by atoms with Crippen LogP contribution in [0.3, 0.4) is 0 Å². The van der Waals surface area contributed by atoms with Gasteiger partial charge < -0.3 is 14.5 Å². The van der Waals surface area contributed by atoms with Crippen molar-refractivity contribution < 1.29 is 13.9 Å². The fraction of sp³-hybridized carbons (Fsp3) is 0.346. The number of furan rings is 1. The second-order valence-electron chi connectivity index (χ2n) is 8.31. The molecule has 2 heterocycles. The number of piperidine rings is 1. The molecule has 162 valence electrons. The van der Waals surface area contributed by atoms with Crippen LogP contribution in [-0.2, 0) is 6.54 Å². The van der Waals surface area contributed by atoms with Gasteiger partial charge in [0.15, 0.2) is 0 Å². The molecule has 1 aliphatic heterocycles. The zero-order chi connectivity index (χ0) is 21.6. The number of nitrogens with one attached hydrogen (secondary N) is 1. The molecule has 1 fully saturated rings. The lowest BCUT2D eigenvalue weighted by molar-refractivity contribution is 0.0935.